The number of nitrogens with zero attached hydrogens (tertiary/aromatic N) is 1. The van der Waals surface area contributed by atoms with Crippen LogP contribution in [0.3, 0.4) is 0 Å². The number of carbonyl (C=O) groups excluding carboxylic acids is 1. The summed E-state index contributed by atoms with van der Waals surface area (Å²) in [7, 11) is -3.83. The van der Waals surface area contributed by atoms with Crippen LogP contribution in [0.25, 0.3) is 0 Å². The lowest BCUT2D eigenvalue weighted by Crippen LogP contribution is -2.31. The van der Waals surface area contributed by atoms with Crippen molar-refractivity contribution in [2.75, 3.05) is 12.8 Å². The second kappa shape index (κ2) is 5.49. The zero-order valence-corrected chi connectivity index (χ0v) is 11.9. The molecule has 5 nitrogen and oxygen atoms in total. The second-order valence-electron chi connectivity index (χ2n) is 4.66. The van der Waals surface area contributed by atoms with Gasteiger partial charge in [0.15, 0.2) is 6.10 Å². The van der Waals surface area contributed by atoms with Crippen LogP contribution >= 0.6 is 0 Å². The number of likely N-dealkylation sites (tertiary alicyclic amines) is 1. The van der Waals surface area contributed by atoms with Crippen molar-refractivity contribution >= 4 is 16.0 Å². The van der Waals surface area contributed by atoms with Gasteiger partial charge in [0.05, 0.1) is 9.00 Å². The summed E-state index contributed by atoms with van der Waals surface area (Å²) in [5.74, 6) is -1.57. The molecule has 0 unspecified atom stereocenters. The van der Waals surface area contributed by atoms with E-state index in [9.17, 15) is 17.6 Å². The summed E-state index contributed by atoms with van der Waals surface area (Å²) in [6.45, 7) is -0.775. The van der Waals surface area contributed by atoms with Crippen molar-refractivity contribution in [2.45, 2.75) is 25.9 Å². The van der Waals surface area contributed by atoms with Crippen LogP contribution in [0.4, 0.5) is 4.39 Å². The number of hydrogen-bond acceptors (Lipinski definition) is 4. The maximum atomic E-state index is 14.0. The molecule has 20 heavy (non-hydrogen) atoms. The normalized spacial score (nSPS) is 21.9. The van der Waals surface area contributed by atoms with Gasteiger partial charge >= 0.3 is 0 Å². The van der Waals surface area contributed by atoms with Crippen LogP contribution in [-0.2, 0) is 25.6 Å². The van der Waals surface area contributed by atoms with Crippen LogP contribution in [0.1, 0.15) is 20.3 Å². The van der Waals surface area contributed by atoms with Gasteiger partial charge in [0.1, 0.15) is 5.82 Å². The fraction of sp³-hybridized carbons (Fsp3) is 0.462. The van der Waals surface area contributed by atoms with E-state index in [0.29, 0.717) is 5.56 Å². The van der Waals surface area contributed by atoms with Gasteiger partial charge in [-0.3, -0.25) is 8.98 Å². The van der Waals surface area contributed by atoms with Gasteiger partial charge in [-0.25, -0.2) is 4.39 Å². The predicted octanol–water partition coefficient (Wildman–Crippen LogP) is 1.21. The number of amides is 1. The summed E-state index contributed by atoms with van der Waals surface area (Å²) >= 11 is 0. The lowest BCUT2D eigenvalue weighted by atomic mass is 10.1. The summed E-state index contributed by atoms with van der Waals surface area (Å²) in [6.07, 6.45) is -0.422. The van der Waals surface area contributed by atoms with Crippen molar-refractivity contribution in [3.8, 4) is 0 Å². The Bertz CT molecular complexity index is 708. The van der Waals surface area contributed by atoms with Crippen LogP contribution in [0.5, 0.6) is 0 Å². The minimum absolute atomic E-state index is 0.0267. The molecule has 110 valence electrons. The maximum Gasteiger partial charge on any atom is 0.265 e. The van der Waals surface area contributed by atoms with Crippen LogP contribution in [0.15, 0.2) is 18.2 Å². The first kappa shape index (κ1) is 12.3. The van der Waals surface area contributed by atoms with Gasteiger partial charge < -0.3 is 4.90 Å². The van der Waals surface area contributed by atoms with Gasteiger partial charge in [0.25, 0.3) is 16.0 Å². The van der Waals surface area contributed by atoms with Crippen molar-refractivity contribution in [2.24, 2.45) is 0 Å². The molecular formula is C13H16FNO4S. The molecule has 1 aromatic carbocycles. The highest BCUT2D eigenvalue weighted by molar-refractivity contribution is 7.86. The third-order valence-corrected chi connectivity index (χ3v) is 3.41. The lowest BCUT2D eigenvalue weighted by Gasteiger charge is -2.17. The van der Waals surface area contributed by atoms with E-state index in [0.717, 1.165) is 11.2 Å². The van der Waals surface area contributed by atoms with E-state index >= 15 is 0 Å². The molecule has 0 saturated carbocycles. The third-order valence-electron chi connectivity index (χ3n) is 2.83. The van der Waals surface area contributed by atoms with Crippen molar-refractivity contribution < 1.29 is 24.5 Å². The van der Waals surface area contributed by atoms with Crippen molar-refractivity contribution in [1.82, 2.24) is 4.90 Å². The van der Waals surface area contributed by atoms with Crippen molar-refractivity contribution in [1.29, 1.82) is 0 Å². The fourth-order valence-corrected chi connectivity index (χ4v) is 2.52. The Balaban J connectivity index is 2.29. The molecule has 0 N–H and O–H groups in total. The summed E-state index contributed by atoms with van der Waals surface area (Å²) in [4.78, 5) is 13.0. The van der Waals surface area contributed by atoms with Gasteiger partial charge in [-0.15, -0.1) is 0 Å². The Morgan fingerprint density at radius 1 is 1.55 bits per heavy atom. The first-order valence-electron chi connectivity index (χ1n) is 6.99. The zero-order chi connectivity index (χ0) is 16.7. The first-order valence-corrected chi connectivity index (χ1v) is 7.80. The quantitative estimate of drug-likeness (QED) is 0.784. The molecule has 1 aliphatic heterocycles. The largest absolute Gasteiger partial charge is 0.336 e. The number of benzene rings is 1. The molecule has 1 aromatic rings. The molecular weight excluding hydrogens is 285 g/mol. The average Bonchev–Trinajstić information content (AvgIpc) is 2.68. The van der Waals surface area contributed by atoms with Crippen LogP contribution in [0.2, 0.25) is 0 Å². The van der Waals surface area contributed by atoms with E-state index in [1.165, 1.54) is 12.1 Å². The van der Waals surface area contributed by atoms with E-state index < -0.39 is 34.4 Å². The Hall–Kier alpha value is -1.47. The van der Waals surface area contributed by atoms with E-state index in [-0.39, 0.29) is 18.5 Å². The highest BCUT2D eigenvalue weighted by atomic mass is 32.2. The molecule has 0 aromatic heterocycles. The van der Waals surface area contributed by atoms with E-state index in [1.54, 1.807) is 13.0 Å². The highest BCUT2D eigenvalue weighted by Crippen LogP contribution is 2.20. The number of hydrogen-bond donors (Lipinski definition) is 0. The number of rotatable bonds is 4. The van der Waals surface area contributed by atoms with Gasteiger partial charge in [0.2, 0.25) is 0 Å². The fourth-order valence-electron chi connectivity index (χ4n) is 1.92. The van der Waals surface area contributed by atoms with E-state index in [4.69, 9.17) is 2.74 Å². The minimum Gasteiger partial charge on any atom is -0.336 e. The smallest absolute Gasteiger partial charge is 0.265 e. The van der Waals surface area contributed by atoms with Gasteiger partial charge in [-0.1, -0.05) is 12.1 Å². The van der Waals surface area contributed by atoms with Crippen molar-refractivity contribution in [3.63, 3.8) is 0 Å². The van der Waals surface area contributed by atoms with Gasteiger partial charge in [0, 0.05) is 25.0 Å². The molecule has 0 aliphatic carbocycles. The molecule has 1 fully saturated rings. The minimum atomic E-state index is -3.83. The second-order valence-corrected chi connectivity index (χ2v) is 6.26. The standard InChI is InChI=1S/C13H16FNO4S/c1-9-3-4-10(11(14)7-9)8-15-6-5-12(13(15)16)19-20(2,17)18/h3-4,7,12H,5-6,8H2,1-2H3/t12-/m0/s1/i8D2. The molecule has 0 bridgehead atoms. The molecule has 1 amide bonds. The number of aryl methyl sites for hydroxylation is 1. The van der Waals surface area contributed by atoms with Crippen molar-refractivity contribution in [3.05, 3.63) is 35.1 Å². The first-order chi connectivity index (χ1) is 10.0. The molecule has 1 aliphatic rings. The number of halogens is 1. The Kier molecular flexibility index (Phi) is 3.37. The van der Waals surface area contributed by atoms with Gasteiger partial charge in [-0.2, -0.15) is 8.42 Å². The topological polar surface area (TPSA) is 63.7 Å². The molecule has 1 saturated heterocycles. The molecule has 2 rings (SSSR count). The summed E-state index contributed by atoms with van der Waals surface area (Å²) in [6, 6.07) is 4.00. The summed E-state index contributed by atoms with van der Waals surface area (Å²) in [5.41, 5.74) is 0.356. The van der Waals surface area contributed by atoms with Crippen LogP contribution in [0, 0.1) is 12.7 Å². The maximum absolute atomic E-state index is 14.0. The van der Waals surface area contributed by atoms with Crippen LogP contribution < -0.4 is 0 Å². The third kappa shape index (κ3) is 3.55. The molecule has 0 radical (unpaired) electrons. The summed E-state index contributed by atoms with van der Waals surface area (Å²) < 4.78 is 56.9. The Morgan fingerprint density at radius 3 is 2.85 bits per heavy atom. The predicted molar refractivity (Wildman–Crippen MR) is 70.9 cm³/mol. The van der Waals surface area contributed by atoms with Gasteiger partial charge in [-0.05, 0) is 18.6 Å². The SMILES string of the molecule is [2H]C([2H])(c1ccc(C)cc1F)N1CC[C@H](OS(C)(=O)=O)C1=O. The highest BCUT2D eigenvalue weighted by Gasteiger charge is 2.35. The van der Waals surface area contributed by atoms with Crippen LogP contribution in [-0.4, -0.2) is 38.1 Å². The lowest BCUT2D eigenvalue weighted by molar-refractivity contribution is -0.133. The molecule has 1 atom stereocenters. The Labute approximate surface area is 120 Å². The molecule has 7 heteroatoms. The zero-order valence-electron chi connectivity index (χ0n) is 13.1. The van der Waals surface area contributed by atoms with E-state index in [1.807, 2.05) is 0 Å². The summed E-state index contributed by atoms with van der Waals surface area (Å²) in [5, 5.41) is 0. The average molecular weight is 303 g/mol. The Morgan fingerprint density at radius 2 is 2.25 bits per heavy atom. The monoisotopic (exact) mass is 303 g/mol. The molecule has 0 spiro atoms. The molecule has 1 heterocycles. The number of carbonyl (C=O) groups is 1. The van der Waals surface area contributed by atoms with E-state index in [2.05, 4.69) is 4.18 Å².